The summed E-state index contributed by atoms with van der Waals surface area (Å²) in [7, 11) is 0. The number of hydrogen-bond donors (Lipinski definition) is 1. The maximum atomic E-state index is 12.6. The zero-order valence-corrected chi connectivity index (χ0v) is 17.7. The van der Waals surface area contributed by atoms with E-state index in [2.05, 4.69) is 47.1 Å². The smallest absolute Gasteiger partial charge is 0.238 e. The fourth-order valence-electron chi connectivity index (χ4n) is 3.70. The van der Waals surface area contributed by atoms with E-state index >= 15 is 0 Å². The van der Waals surface area contributed by atoms with E-state index in [1.807, 2.05) is 32.0 Å². The number of para-hydroxylation sites is 1. The minimum Gasteiger partial charge on any atom is -0.361 e. The third-order valence-electron chi connectivity index (χ3n) is 5.40. The first-order chi connectivity index (χ1) is 13.2. The van der Waals surface area contributed by atoms with Crippen LogP contribution in [0, 0.1) is 13.8 Å². The van der Waals surface area contributed by atoms with Crippen molar-refractivity contribution in [3.05, 3.63) is 46.8 Å². The summed E-state index contributed by atoms with van der Waals surface area (Å²) in [4.78, 5) is 17.2. The summed E-state index contributed by atoms with van der Waals surface area (Å²) in [5.74, 6) is 0.952. The fraction of sp³-hybridized carbons (Fsp3) is 0.545. The second kappa shape index (κ2) is 8.45. The number of benzene rings is 1. The quantitative estimate of drug-likeness (QED) is 0.857. The van der Waals surface area contributed by atoms with Crippen LogP contribution in [-0.4, -0.2) is 53.6 Å². The normalized spacial score (nSPS) is 16.3. The van der Waals surface area contributed by atoms with Crippen LogP contribution in [0.3, 0.4) is 0 Å². The lowest BCUT2D eigenvalue weighted by Gasteiger charge is -2.34. The van der Waals surface area contributed by atoms with E-state index < -0.39 is 0 Å². The molecular weight excluding hydrogens is 352 g/mol. The number of nitrogens with one attached hydrogen (secondary N) is 1. The average molecular weight is 385 g/mol. The molecule has 0 unspecified atom stereocenters. The van der Waals surface area contributed by atoms with Crippen LogP contribution >= 0.6 is 0 Å². The highest BCUT2D eigenvalue weighted by Gasteiger charge is 2.23. The first kappa shape index (κ1) is 20.6. The second-order valence-corrected chi connectivity index (χ2v) is 8.70. The number of carbonyl (C=O) groups is 1. The number of nitrogens with zero attached hydrogens (tertiary/aromatic N) is 3. The summed E-state index contributed by atoms with van der Waals surface area (Å²) in [6, 6.07) is 8.07. The molecule has 0 spiro atoms. The molecule has 3 rings (SSSR count). The van der Waals surface area contributed by atoms with Crippen LogP contribution in [0.15, 0.2) is 28.8 Å². The summed E-state index contributed by atoms with van der Waals surface area (Å²) in [5, 5.41) is 7.15. The van der Waals surface area contributed by atoms with Crippen LogP contribution in [0.5, 0.6) is 0 Å². The van der Waals surface area contributed by atoms with Crippen molar-refractivity contribution >= 4 is 11.6 Å². The van der Waals surface area contributed by atoms with Crippen molar-refractivity contribution in [3.63, 3.8) is 0 Å². The first-order valence-electron chi connectivity index (χ1n) is 10.00. The van der Waals surface area contributed by atoms with E-state index in [-0.39, 0.29) is 11.3 Å². The molecule has 1 aromatic carbocycles. The first-order valence-corrected chi connectivity index (χ1v) is 10.00. The van der Waals surface area contributed by atoms with Gasteiger partial charge >= 0.3 is 0 Å². The molecule has 1 N–H and O–H groups in total. The van der Waals surface area contributed by atoms with Crippen LogP contribution in [0.2, 0.25) is 0 Å². The molecular formula is C22H32N4O2. The second-order valence-electron chi connectivity index (χ2n) is 8.70. The Balaban J connectivity index is 1.51. The zero-order chi connectivity index (χ0) is 20.3. The number of carbonyl (C=O) groups excluding carboxylic acids is 1. The molecule has 0 radical (unpaired) electrons. The monoisotopic (exact) mass is 384 g/mol. The standard InChI is InChI=1S/C22H32N4O2/c1-16-18(17(2)28-24-16)14-25-10-12-26(13-11-25)15-21(27)23-20-9-7-6-8-19(20)22(3,4)5/h6-9H,10-15H2,1-5H3,(H,23,27). The number of anilines is 1. The van der Waals surface area contributed by atoms with Crippen LogP contribution in [-0.2, 0) is 16.8 Å². The van der Waals surface area contributed by atoms with Crippen LogP contribution in [0.4, 0.5) is 5.69 Å². The Bertz CT molecular complexity index is 795. The molecule has 1 saturated heterocycles. The van der Waals surface area contributed by atoms with Crippen molar-refractivity contribution in [2.45, 2.75) is 46.6 Å². The van der Waals surface area contributed by atoms with E-state index in [9.17, 15) is 4.79 Å². The number of aryl methyl sites for hydroxylation is 2. The Kier molecular flexibility index (Phi) is 6.20. The summed E-state index contributed by atoms with van der Waals surface area (Å²) in [5.41, 5.74) is 4.22. The summed E-state index contributed by atoms with van der Waals surface area (Å²) >= 11 is 0. The van der Waals surface area contributed by atoms with Crippen LogP contribution < -0.4 is 5.32 Å². The van der Waals surface area contributed by atoms with E-state index in [4.69, 9.17) is 4.52 Å². The molecule has 152 valence electrons. The van der Waals surface area contributed by atoms with Gasteiger partial charge in [0.2, 0.25) is 5.91 Å². The summed E-state index contributed by atoms with van der Waals surface area (Å²) in [6.07, 6.45) is 0. The van der Waals surface area contributed by atoms with Gasteiger partial charge < -0.3 is 9.84 Å². The average Bonchev–Trinajstić information content (AvgIpc) is 2.95. The molecule has 1 aromatic heterocycles. The summed E-state index contributed by atoms with van der Waals surface area (Å²) < 4.78 is 5.26. The number of amides is 1. The van der Waals surface area contributed by atoms with Gasteiger partial charge in [0.05, 0.1) is 12.2 Å². The molecule has 1 aliphatic heterocycles. The van der Waals surface area contributed by atoms with E-state index in [1.165, 1.54) is 5.56 Å². The van der Waals surface area contributed by atoms with Gasteiger partial charge in [-0.2, -0.15) is 0 Å². The molecule has 6 heteroatoms. The molecule has 0 aliphatic carbocycles. The van der Waals surface area contributed by atoms with Gasteiger partial charge in [-0.3, -0.25) is 14.6 Å². The Morgan fingerprint density at radius 2 is 1.75 bits per heavy atom. The predicted molar refractivity (Wildman–Crippen MR) is 111 cm³/mol. The topological polar surface area (TPSA) is 61.6 Å². The molecule has 1 aliphatic rings. The van der Waals surface area contributed by atoms with Crippen molar-refractivity contribution in [1.82, 2.24) is 15.0 Å². The lowest BCUT2D eigenvalue weighted by Crippen LogP contribution is -2.48. The van der Waals surface area contributed by atoms with Crippen molar-refractivity contribution < 1.29 is 9.32 Å². The van der Waals surface area contributed by atoms with Gasteiger partial charge in [0.1, 0.15) is 5.76 Å². The number of aromatic nitrogens is 1. The number of rotatable bonds is 5. The Labute approximate surface area is 167 Å². The van der Waals surface area contributed by atoms with Crippen LogP contribution in [0.25, 0.3) is 0 Å². The van der Waals surface area contributed by atoms with E-state index in [0.717, 1.165) is 55.4 Å². The van der Waals surface area contributed by atoms with Gasteiger partial charge in [-0.25, -0.2) is 0 Å². The van der Waals surface area contributed by atoms with Crippen molar-refractivity contribution in [2.24, 2.45) is 0 Å². The molecule has 1 fully saturated rings. The maximum Gasteiger partial charge on any atom is 0.238 e. The third-order valence-corrected chi connectivity index (χ3v) is 5.40. The van der Waals surface area contributed by atoms with E-state index in [0.29, 0.717) is 6.54 Å². The van der Waals surface area contributed by atoms with Crippen molar-refractivity contribution in [2.75, 3.05) is 38.0 Å². The largest absolute Gasteiger partial charge is 0.361 e. The van der Waals surface area contributed by atoms with Crippen LogP contribution in [0.1, 0.15) is 43.4 Å². The fourth-order valence-corrected chi connectivity index (χ4v) is 3.70. The SMILES string of the molecule is Cc1noc(C)c1CN1CCN(CC(=O)Nc2ccccc2C(C)(C)C)CC1. The van der Waals surface area contributed by atoms with Gasteiger partial charge in [-0.05, 0) is 30.9 Å². The Morgan fingerprint density at radius 3 is 2.36 bits per heavy atom. The highest BCUT2D eigenvalue weighted by Crippen LogP contribution is 2.29. The molecule has 2 heterocycles. The van der Waals surface area contributed by atoms with Gasteiger partial charge in [0.15, 0.2) is 0 Å². The molecule has 0 bridgehead atoms. The molecule has 0 atom stereocenters. The lowest BCUT2D eigenvalue weighted by atomic mass is 9.86. The molecule has 2 aromatic rings. The Morgan fingerprint density at radius 1 is 1.11 bits per heavy atom. The molecule has 0 saturated carbocycles. The minimum absolute atomic E-state index is 0.00625. The minimum atomic E-state index is -0.00625. The maximum absolute atomic E-state index is 12.6. The highest BCUT2D eigenvalue weighted by molar-refractivity contribution is 5.93. The third kappa shape index (κ3) is 5.00. The van der Waals surface area contributed by atoms with Gasteiger partial charge in [-0.1, -0.05) is 44.1 Å². The number of piperazine rings is 1. The van der Waals surface area contributed by atoms with Crippen molar-refractivity contribution in [3.8, 4) is 0 Å². The van der Waals surface area contributed by atoms with Gasteiger partial charge in [0, 0.05) is 44.0 Å². The summed E-state index contributed by atoms with van der Waals surface area (Å²) in [6.45, 7) is 15.4. The predicted octanol–water partition coefficient (Wildman–Crippen LogP) is 3.35. The van der Waals surface area contributed by atoms with Crippen molar-refractivity contribution in [1.29, 1.82) is 0 Å². The molecule has 1 amide bonds. The zero-order valence-electron chi connectivity index (χ0n) is 17.7. The number of hydrogen-bond acceptors (Lipinski definition) is 5. The van der Waals surface area contributed by atoms with E-state index in [1.54, 1.807) is 0 Å². The molecule has 6 nitrogen and oxygen atoms in total. The Hall–Kier alpha value is -2.18. The van der Waals surface area contributed by atoms with Gasteiger partial charge in [0.25, 0.3) is 0 Å². The highest BCUT2D eigenvalue weighted by atomic mass is 16.5. The lowest BCUT2D eigenvalue weighted by molar-refractivity contribution is -0.117. The molecule has 28 heavy (non-hydrogen) atoms. The van der Waals surface area contributed by atoms with Gasteiger partial charge in [-0.15, -0.1) is 0 Å².